The van der Waals surface area contributed by atoms with E-state index in [9.17, 15) is 26.8 Å². The summed E-state index contributed by atoms with van der Waals surface area (Å²) in [6.07, 6.45) is 0.878. The van der Waals surface area contributed by atoms with Crippen molar-refractivity contribution in [2.24, 2.45) is 0 Å². The zero-order valence-corrected chi connectivity index (χ0v) is 23.4. The Labute approximate surface area is 228 Å². The lowest BCUT2D eigenvalue weighted by molar-refractivity contribution is 0.140. The highest BCUT2D eigenvalue weighted by Crippen LogP contribution is 2.40. The first-order chi connectivity index (χ1) is 18.2. The molecule has 1 aliphatic heterocycles. The van der Waals surface area contributed by atoms with Crippen LogP contribution in [0.25, 0.3) is 0 Å². The number of hydrogen-bond acceptors (Lipinski definition) is 10. The van der Waals surface area contributed by atoms with E-state index in [1.807, 2.05) is 6.07 Å². The lowest BCUT2D eigenvalue weighted by Crippen LogP contribution is -2.34. The number of carbonyl (C=O) groups is 1. The number of carboxylic acid groups (broad SMARTS) is 1. The number of amides is 1. The molecule has 0 radical (unpaired) electrons. The Balaban J connectivity index is 1.65. The monoisotopic (exact) mass is 599 g/mol. The molecule has 16 heteroatoms. The van der Waals surface area contributed by atoms with Crippen molar-refractivity contribution >= 4 is 63.8 Å². The molecule has 12 nitrogen and oxygen atoms in total. The molecule has 0 saturated carbocycles. The van der Waals surface area contributed by atoms with Crippen molar-refractivity contribution in [2.75, 3.05) is 37.6 Å². The van der Waals surface area contributed by atoms with Gasteiger partial charge in [0.1, 0.15) is 23.7 Å². The van der Waals surface area contributed by atoms with Crippen LogP contribution < -0.4 is 24.9 Å². The van der Waals surface area contributed by atoms with Crippen molar-refractivity contribution in [3.05, 3.63) is 52.7 Å². The van der Waals surface area contributed by atoms with Crippen molar-refractivity contribution in [3.63, 3.8) is 0 Å². The number of halogens is 2. The van der Waals surface area contributed by atoms with E-state index in [0.29, 0.717) is 24.4 Å². The molecule has 39 heavy (non-hydrogen) atoms. The topological polar surface area (TPSA) is 160 Å². The number of benzene rings is 2. The van der Waals surface area contributed by atoms with Crippen LogP contribution in [0.4, 0.5) is 31.8 Å². The minimum absolute atomic E-state index is 0.118. The molecule has 0 fully saturated rings. The molecule has 0 unspecified atom stereocenters. The molecule has 2 aromatic carbocycles. The fourth-order valence-corrected chi connectivity index (χ4v) is 5.63. The zero-order valence-electron chi connectivity index (χ0n) is 20.9. The average Bonchev–Trinajstić information content (AvgIpc) is 2.84. The molecule has 1 amide bonds. The number of hydrogen-bond donors (Lipinski definition) is 3. The number of fused-ring (bicyclic) bond motifs is 1. The first-order valence-electron chi connectivity index (χ1n) is 11.3. The van der Waals surface area contributed by atoms with Gasteiger partial charge < -0.3 is 34.1 Å². The van der Waals surface area contributed by atoms with Gasteiger partial charge in [0.25, 0.3) is 0 Å². The molecule has 3 aromatic rings. The molecule has 2 heterocycles. The van der Waals surface area contributed by atoms with E-state index >= 15 is 0 Å². The van der Waals surface area contributed by atoms with E-state index in [0.717, 1.165) is 17.2 Å². The number of nitrogens with one attached hydrogen (secondary N) is 2. The normalized spacial score (nSPS) is 13.4. The number of methoxy groups -OCH3 is 1. The summed E-state index contributed by atoms with van der Waals surface area (Å²) in [4.78, 5) is 21.3. The van der Waals surface area contributed by atoms with Gasteiger partial charge in [-0.25, -0.2) is 9.78 Å². The highest BCUT2D eigenvalue weighted by Gasteiger charge is 2.23. The average molecular weight is 600 g/mol. The lowest BCUT2D eigenvalue weighted by Gasteiger charge is -2.27. The van der Waals surface area contributed by atoms with Gasteiger partial charge in [0.2, 0.25) is 5.95 Å². The minimum atomic E-state index is -5.27. The number of ether oxygens (including phenoxy) is 1. The van der Waals surface area contributed by atoms with E-state index in [1.54, 1.807) is 6.07 Å². The second-order valence-electron chi connectivity index (χ2n) is 8.92. The summed E-state index contributed by atoms with van der Waals surface area (Å²) < 4.78 is 57.5. The van der Waals surface area contributed by atoms with Gasteiger partial charge in [-0.3, -0.25) is 0 Å². The predicted octanol–water partition coefficient (Wildman–Crippen LogP) is 4.50. The lowest BCUT2D eigenvalue weighted by atomic mass is 9.98. The van der Waals surface area contributed by atoms with Crippen LogP contribution in [0.3, 0.4) is 0 Å². The SMILES string of the molecule is COc1cc2c(cc1Nc1ncc(Cl)c(Nc3ccc(OS(=O)(=O)F)cc3P(C)(C)=O)n1)CN(C(=O)O)CC2. The molecule has 0 spiro atoms. The van der Waals surface area contributed by atoms with Gasteiger partial charge in [0.15, 0.2) is 5.82 Å². The predicted molar refractivity (Wildman–Crippen MR) is 145 cm³/mol. The fourth-order valence-electron chi connectivity index (χ4n) is 4.01. The molecule has 4 rings (SSSR count). The summed E-state index contributed by atoms with van der Waals surface area (Å²) in [6.45, 7) is 3.50. The summed E-state index contributed by atoms with van der Waals surface area (Å²) in [5, 5.41) is 15.7. The number of aromatic nitrogens is 2. The van der Waals surface area contributed by atoms with Gasteiger partial charge >= 0.3 is 16.6 Å². The van der Waals surface area contributed by atoms with Gasteiger partial charge in [0, 0.05) is 18.4 Å². The minimum Gasteiger partial charge on any atom is -0.495 e. The standard InChI is InChI=1S/C23H24ClFN5O7PS/c1-36-19-9-13-6-7-30(23(31)32)12-14(13)8-18(19)28-22-26-11-16(24)21(29-22)27-17-5-4-15(37-39(25,34)35)10-20(17)38(2,3)33/h4-5,8-11H,6-7,12H2,1-3H3,(H,31,32)(H2,26,27,28,29). The quantitative estimate of drug-likeness (QED) is 0.247. The zero-order chi connectivity index (χ0) is 28.5. The van der Waals surface area contributed by atoms with Crippen molar-refractivity contribution < 1.29 is 35.7 Å². The summed E-state index contributed by atoms with van der Waals surface area (Å²) in [6, 6.07) is 7.31. The Kier molecular flexibility index (Phi) is 7.92. The second-order valence-corrected chi connectivity index (χ2v) is 13.5. The molecule has 208 valence electrons. The number of rotatable bonds is 8. The van der Waals surface area contributed by atoms with Gasteiger partial charge in [-0.2, -0.15) is 13.4 Å². The third-order valence-corrected chi connectivity index (χ3v) is 7.99. The van der Waals surface area contributed by atoms with Crippen molar-refractivity contribution in [1.29, 1.82) is 0 Å². The maximum atomic E-state index is 13.0. The van der Waals surface area contributed by atoms with Crippen LogP contribution in [-0.4, -0.2) is 61.5 Å². The van der Waals surface area contributed by atoms with Crippen LogP contribution in [0.15, 0.2) is 36.5 Å². The molecule has 3 N–H and O–H groups in total. The largest absolute Gasteiger partial charge is 0.495 e. The Morgan fingerprint density at radius 2 is 1.92 bits per heavy atom. The van der Waals surface area contributed by atoms with Crippen LogP contribution in [0.1, 0.15) is 11.1 Å². The van der Waals surface area contributed by atoms with Crippen LogP contribution in [0.5, 0.6) is 11.5 Å². The van der Waals surface area contributed by atoms with Gasteiger partial charge in [-0.05, 0) is 61.2 Å². The Morgan fingerprint density at radius 3 is 2.56 bits per heavy atom. The molecular formula is C23H24ClFN5O7PS. The first kappa shape index (κ1) is 28.4. The van der Waals surface area contributed by atoms with E-state index < -0.39 is 23.7 Å². The molecule has 0 aliphatic carbocycles. The van der Waals surface area contributed by atoms with E-state index in [-0.39, 0.29) is 40.1 Å². The van der Waals surface area contributed by atoms with Crippen molar-refractivity contribution in [3.8, 4) is 11.5 Å². The van der Waals surface area contributed by atoms with Crippen LogP contribution in [0.2, 0.25) is 5.02 Å². The van der Waals surface area contributed by atoms with E-state index in [4.69, 9.17) is 16.3 Å². The third kappa shape index (κ3) is 6.88. The first-order valence-corrected chi connectivity index (χ1v) is 15.6. The van der Waals surface area contributed by atoms with E-state index in [1.165, 1.54) is 43.7 Å². The third-order valence-electron chi connectivity index (χ3n) is 5.79. The fraction of sp³-hybridized carbons (Fsp3) is 0.261. The van der Waals surface area contributed by atoms with Crippen LogP contribution in [0, 0.1) is 0 Å². The number of nitrogens with zero attached hydrogens (tertiary/aromatic N) is 3. The second kappa shape index (κ2) is 10.9. The van der Waals surface area contributed by atoms with Gasteiger partial charge in [-0.15, -0.1) is 0 Å². The maximum Gasteiger partial charge on any atom is 0.488 e. The molecular weight excluding hydrogens is 576 g/mol. The molecule has 0 bridgehead atoms. The summed E-state index contributed by atoms with van der Waals surface area (Å²) in [7, 11) is -6.79. The van der Waals surface area contributed by atoms with Crippen molar-refractivity contribution in [2.45, 2.75) is 13.0 Å². The molecule has 0 saturated heterocycles. The highest BCUT2D eigenvalue weighted by atomic mass is 35.5. The smallest absolute Gasteiger partial charge is 0.488 e. The Morgan fingerprint density at radius 1 is 1.18 bits per heavy atom. The summed E-state index contributed by atoms with van der Waals surface area (Å²) in [5.74, 6) is 0.403. The van der Waals surface area contributed by atoms with Gasteiger partial charge in [0.05, 0.1) is 24.7 Å². The molecule has 1 aromatic heterocycles. The highest BCUT2D eigenvalue weighted by molar-refractivity contribution is 7.81. The molecule has 1 aliphatic rings. The Bertz CT molecular complexity index is 1600. The van der Waals surface area contributed by atoms with Gasteiger partial charge in [-0.1, -0.05) is 15.5 Å². The summed E-state index contributed by atoms with van der Waals surface area (Å²) >= 11 is 6.31. The van der Waals surface area contributed by atoms with E-state index in [2.05, 4.69) is 24.8 Å². The van der Waals surface area contributed by atoms with Crippen molar-refractivity contribution in [1.82, 2.24) is 14.9 Å². The molecule has 0 atom stereocenters. The Hall–Kier alpha value is -3.61. The summed E-state index contributed by atoms with van der Waals surface area (Å²) in [5.41, 5.74) is 2.55. The maximum absolute atomic E-state index is 13.0. The number of anilines is 4. The van der Waals surface area contributed by atoms with Crippen LogP contribution >= 0.6 is 18.7 Å². The van der Waals surface area contributed by atoms with Crippen LogP contribution in [-0.2, 0) is 28.0 Å².